The van der Waals surface area contributed by atoms with Gasteiger partial charge >= 0.3 is 0 Å². The summed E-state index contributed by atoms with van der Waals surface area (Å²) in [6.07, 6.45) is 0. The standard InChI is InChI=1S/C21H18ClNO4S/c1-13-8-16(3-4-17(13)22)27-11-14-9-20(28-12-14)21(24)23-15-2-5-18-19(10-15)26-7-6-25-18/h2-5,8-10,12H,6-7,11H2,1H3,(H,23,24). The van der Waals surface area contributed by atoms with Gasteiger partial charge in [0.2, 0.25) is 0 Å². The zero-order chi connectivity index (χ0) is 19.5. The lowest BCUT2D eigenvalue weighted by atomic mass is 10.2. The van der Waals surface area contributed by atoms with Gasteiger partial charge in [-0.1, -0.05) is 11.6 Å². The van der Waals surface area contributed by atoms with Crippen LogP contribution in [-0.4, -0.2) is 19.1 Å². The van der Waals surface area contributed by atoms with E-state index in [2.05, 4.69) is 5.32 Å². The van der Waals surface area contributed by atoms with E-state index in [1.54, 1.807) is 18.2 Å². The average Bonchev–Trinajstić information content (AvgIpc) is 3.18. The third-order valence-electron chi connectivity index (χ3n) is 4.21. The topological polar surface area (TPSA) is 56.8 Å². The van der Waals surface area contributed by atoms with E-state index in [4.69, 9.17) is 25.8 Å². The highest BCUT2D eigenvalue weighted by Gasteiger charge is 2.14. The fourth-order valence-electron chi connectivity index (χ4n) is 2.76. The molecule has 1 aliphatic heterocycles. The van der Waals surface area contributed by atoms with Gasteiger partial charge in [0.05, 0.1) is 4.88 Å². The van der Waals surface area contributed by atoms with Crippen molar-refractivity contribution < 1.29 is 19.0 Å². The fourth-order valence-corrected chi connectivity index (χ4v) is 3.67. The number of thiophene rings is 1. The van der Waals surface area contributed by atoms with Crippen LogP contribution >= 0.6 is 22.9 Å². The van der Waals surface area contributed by atoms with Crippen molar-refractivity contribution in [3.05, 3.63) is 68.9 Å². The van der Waals surface area contributed by atoms with E-state index >= 15 is 0 Å². The van der Waals surface area contributed by atoms with E-state index in [1.165, 1.54) is 11.3 Å². The first-order valence-corrected chi connectivity index (χ1v) is 10.0. The second-order valence-electron chi connectivity index (χ2n) is 6.33. The van der Waals surface area contributed by atoms with Crippen LogP contribution in [0.15, 0.2) is 47.8 Å². The molecule has 4 rings (SSSR count). The minimum Gasteiger partial charge on any atom is -0.489 e. The Bertz CT molecular complexity index is 1020. The molecule has 1 N–H and O–H groups in total. The molecule has 1 amide bonds. The summed E-state index contributed by atoms with van der Waals surface area (Å²) >= 11 is 7.41. The van der Waals surface area contributed by atoms with Gasteiger partial charge in [0.15, 0.2) is 11.5 Å². The minimum atomic E-state index is -0.171. The number of halogens is 1. The van der Waals surface area contributed by atoms with Gasteiger partial charge in [-0.25, -0.2) is 0 Å². The second-order valence-corrected chi connectivity index (χ2v) is 7.65. The van der Waals surface area contributed by atoms with Gasteiger partial charge < -0.3 is 19.5 Å². The second kappa shape index (κ2) is 8.12. The fraction of sp³-hybridized carbons (Fsp3) is 0.190. The van der Waals surface area contributed by atoms with Crippen LogP contribution < -0.4 is 19.5 Å². The smallest absolute Gasteiger partial charge is 0.265 e. The predicted molar refractivity (Wildman–Crippen MR) is 110 cm³/mol. The lowest BCUT2D eigenvalue weighted by molar-refractivity contribution is 0.103. The van der Waals surface area contributed by atoms with Gasteiger partial charge in [-0.15, -0.1) is 11.3 Å². The summed E-state index contributed by atoms with van der Waals surface area (Å²) < 4.78 is 16.8. The Morgan fingerprint density at radius 1 is 1.14 bits per heavy atom. The van der Waals surface area contributed by atoms with E-state index in [1.807, 2.05) is 36.6 Å². The Hall–Kier alpha value is -2.70. The van der Waals surface area contributed by atoms with E-state index in [9.17, 15) is 4.79 Å². The summed E-state index contributed by atoms with van der Waals surface area (Å²) in [4.78, 5) is 13.1. The molecule has 0 bridgehead atoms. The molecule has 1 aromatic heterocycles. The zero-order valence-corrected chi connectivity index (χ0v) is 16.7. The van der Waals surface area contributed by atoms with E-state index in [0.717, 1.165) is 16.9 Å². The Morgan fingerprint density at radius 3 is 2.79 bits per heavy atom. The van der Waals surface area contributed by atoms with Crippen molar-refractivity contribution in [3.63, 3.8) is 0 Å². The Labute approximate surface area is 171 Å². The number of rotatable bonds is 5. The summed E-state index contributed by atoms with van der Waals surface area (Å²) in [5, 5.41) is 5.52. The molecule has 3 aromatic rings. The predicted octanol–water partition coefficient (Wildman–Crippen LogP) is 5.31. The molecule has 0 spiro atoms. The highest BCUT2D eigenvalue weighted by atomic mass is 35.5. The number of hydrogen-bond donors (Lipinski definition) is 1. The van der Waals surface area contributed by atoms with Crippen LogP contribution in [0, 0.1) is 6.92 Å². The maximum atomic E-state index is 12.5. The van der Waals surface area contributed by atoms with E-state index in [-0.39, 0.29) is 5.91 Å². The minimum absolute atomic E-state index is 0.171. The summed E-state index contributed by atoms with van der Waals surface area (Å²) in [5.41, 5.74) is 2.56. The molecule has 0 unspecified atom stereocenters. The Kier molecular flexibility index (Phi) is 5.41. The normalized spacial score (nSPS) is 12.5. The van der Waals surface area contributed by atoms with Crippen molar-refractivity contribution in [3.8, 4) is 17.2 Å². The van der Waals surface area contributed by atoms with Crippen molar-refractivity contribution in [2.45, 2.75) is 13.5 Å². The molecule has 0 fully saturated rings. The molecule has 0 atom stereocenters. The van der Waals surface area contributed by atoms with Crippen LogP contribution in [0.3, 0.4) is 0 Å². The van der Waals surface area contributed by atoms with E-state index < -0.39 is 0 Å². The molecule has 1 aliphatic rings. The molecular formula is C21H18ClNO4S. The van der Waals surface area contributed by atoms with Gasteiger partial charge in [-0.05, 0) is 54.3 Å². The van der Waals surface area contributed by atoms with Crippen LogP contribution in [0.2, 0.25) is 5.02 Å². The first-order valence-electron chi connectivity index (χ1n) is 8.76. The summed E-state index contributed by atoms with van der Waals surface area (Å²) in [7, 11) is 0. The molecule has 5 nitrogen and oxygen atoms in total. The molecule has 28 heavy (non-hydrogen) atoms. The largest absolute Gasteiger partial charge is 0.489 e. The highest BCUT2D eigenvalue weighted by Crippen LogP contribution is 2.33. The van der Waals surface area contributed by atoms with Crippen LogP contribution in [0.4, 0.5) is 5.69 Å². The number of amides is 1. The first-order chi connectivity index (χ1) is 13.6. The number of hydrogen-bond acceptors (Lipinski definition) is 5. The summed E-state index contributed by atoms with van der Waals surface area (Å²) in [6, 6.07) is 12.7. The third-order valence-corrected chi connectivity index (χ3v) is 5.61. The molecule has 0 saturated heterocycles. The average molecular weight is 416 g/mol. The van der Waals surface area contributed by atoms with Crippen LogP contribution in [-0.2, 0) is 6.61 Å². The molecule has 0 saturated carbocycles. The summed E-state index contributed by atoms with van der Waals surface area (Å²) in [5.74, 6) is 1.91. The SMILES string of the molecule is Cc1cc(OCc2csc(C(=O)Nc3ccc4c(c3)OCCO4)c2)ccc1Cl. The van der Waals surface area contributed by atoms with Gasteiger partial charge in [0.1, 0.15) is 25.6 Å². The molecule has 0 aliphatic carbocycles. The molecular weight excluding hydrogens is 398 g/mol. The number of nitrogens with one attached hydrogen (secondary N) is 1. The van der Waals surface area contributed by atoms with E-state index in [0.29, 0.717) is 46.9 Å². The number of aryl methyl sites for hydroxylation is 1. The highest BCUT2D eigenvalue weighted by molar-refractivity contribution is 7.12. The zero-order valence-electron chi connectivity index (χ0n) is 15.2. The third kappa shape index (κ3) is 4.24. The quantitative estimate of drug-likeness (QED) is 0.613. The van der Waals surface area contributed by atoms with Gasteiger partial charge in [-0.3, -0.25) is 4.79 Å². The van der Waals surface area contributed by atoms with Crippen LogP contribution in [0.25, 0.3) is 0 Å². The number of carbonyl (C=O) groups is 1. The molecule has 2 heterocycles. The van der Waals surface area contributed by atoms with Crippen LogP contribution in [0.5, 0.6) is 17.2 Å². The monoisotopic (exact) mass is 415 g/mol. The number of fused-ring (bicyclic) bond motifs is 1. The van der Waals surface area contributed by atoms with Crippen molar-refractivity contribution in [2.24, 2.45) is 0 Å². The number of benzene rings is 2. The van der Waals surface area contributed by atoms with Crippen molar-refractivity contribution in [1.82, 2.24) is 0 Å². The molecule has 2 aromatic carbocycles. The number of anilines is 1. The maximum Gasteiger partial charge on any atom is 0.265 e. The van der Waals surface area contributed by atoms with Gasteiger partial charge in [-0.2, -0.15) is 0 Å². The molecule has 144 valence electrons. The maximum absolute atomic E-state index is 12.5. The number of ether oxygens (including phenoxy) is 3. The summed E-state index contributed by atoms with van der Waals surface area (Å²) in [6.45, 7) is 3.36. The lowest BCUT2D eigenvalue weighted by Gasteiger charge is -2.18. The number of carbonyl (C=O) groups excluding carboxylic acids is 1. The molecule has 7 heteroatoms. The van der Waals surface area contributed by atoms with Gasteiger partial charge in [0, 0.05) is 22.3 Å². The van der Waals surface area contributed by atoms with Crippen molar-refractivity contribution in [1.29, 1.82) is 0 Å². The lowest BCUT2D eigenvalue weighted by Crippen LogP contribution is -2.16. The van der Waals surface area contributed by atoms with Gasteiger partial charge in [0.25, 0.3) is 5.91 Å². The first kappa shape index (κ1) is 18.7. The van der Waals surface area contributed by atoms with Crippen molar-refractivity contribution in [2.75, 3.05) is 18.5 Å². The Balaban J connectivity index is 1.38. The van der Waals surface area contributed by atoms with Crippen molar-refractivity contribution >= 4 is 34.5 Å². The molecule has 0 radical (unpaired) electrons. The van der Waals surface area contributed by atoms with Crippen LogP contribution in [0.1, 0.15) is 20.8 Å². The Morgan fingerprint density at radius 2 is 1.96 bits per heavy atom.